The molecular weight excluding hydrogens is 424 g/mol. The van der Waals surface area contributed by atoms with E-state index in [1.54, 1.807) is 12.1 Å². The van der Waals surface area contributed by atoms with Crippen LogP contribution in [-0.4, -0.2) is 33.3 Å². The van der Waals surface area contributed by atoms with Crippen molar-refractivity contribution in [3.05, 3.63) is 63.6 Å². The number of methoxy groups -OCH3 is 2. The summed E-state index contributed by atoms with van der Waals surface area (Å²) in [5.74, 6) is 0.593. The van der Waals surface area contributed by atoms with Gasteiger partial charge in [-0.15, -0.1) is 0 Å². The van der Waals surface area contributed by atoms with Crippen LogP contribution in [0, 0.1) is 11.3 Å². The van der Waals surface area contributed by atoms with Gasteiger partial charge in [0.15, 0.2) is 11.5 Å². The first-order chi connectivity index (χ1) is 13.6. The maximum atomic E-state index is 12.1. The van der Waals surface area contributed by atoms with Crippen LogP contribution in [-0.2, 0) is 16.1 Å². The van der Waals surface area contributed by atoms with Crippen molar-refractivity contribution in [1.29, 1.82) is 5.26 Å². The molecule has 2 aromatic rings. The standard InChI is InChI=1S/C21H21BrN2O4/c1-26-9-8-24-21(25)17(13-23)10-16-11-19(27-2)20(12-18(16)22)28-14-15-6-4-3-5-7-15/h3-7,10-12H,8-9,14H2,1-2H3,(H,24,25)/b17-10+. The summed E-state index contributed by atoms with van der Waals surface area (Å²) in [6.07, 6.45) is 1.50. The number of benzene rings is 2. The third kappa shape index (κ3) is 6.12. The van der Waals surface area contributed by atoms with Crippen LogP contribution in [0.3, 0.4) is 0 Å². The molecular formula is C21H21BrN2O4. The second-order valence-corrected chi connectivity index (χ2v) is 6.57. The van der Waals surface area contributed by atoms with Gasteiger partial charge in [-0.1, -0.05) is 46.3 Å². The molecule has 0 unspecified atom stereocenters. The molecule has 28 heavy (non-hydrogen) atoms. The van der Waals surface area contributed by atoms with Gasteiger partial charge in [0.1, 0.15) is 18.2 Å². The van der Waals surface area contributed by atoms with Crippen molar-refractivity contribution in [2.24, 2.45) is 0 Å². The Balaban J connectivity index is 2.21. The van der Waals surface area contributed by atoms with Crippen molar-refractivity contribution in [1.82, 2.24) is 5.32 Å². The number of hydrogen-bond donors (Lipinski definition) is 1. The third-order valence-electron chi connectivity index (χ3n) is 3.78. The number of nitrogens with one attached hydrogen (secondary N) is 1. The number of nitrogens with zero attached hydrogens (tertiary/aromatic N) is 1. The van der Waals surface area contributed by atoms with Gasteiger partial charge >= 0.3 is 0 Å². The second kappa shape index (κ2) is 11.1. The molecule has 146 valence electrons. The summed E-state index contributed by atoms with van der Waals surface area (Å²) < 4.78 is 16.8. The molecule has 1 amide bonds. The number of nitriles is 1. The van der Waals surface area contributed by atoms with Crippen LogP contribution < -0.4 is 14.8 Å². The number of ether oxygens (including phenoxy) is 3. The van der Waals surface area contributed by atoms with E-state index in [1.165, 1.54) is 20.3 Å². The molecule has 1 N–H and O–H groups in total. The SMILES string of the molecule is COCCNC(=O)/C(C#N)=C/c1cc(OC)c(OCc2ccccc2)cc1Br. The topological polar surface area (TPSA) is 80.6 Å². The molecule has 0 spiro atoms. The molecule has 0 heterocycles. The molecule has 0 aliphatic rings. The van der Waals surface area contributed by atoms with Crippen LogP contribution in [0.1, 0.15) is 11.1 Å². The predicted molar refractivity (Wildman–Crippen MR) is 110 cm³/mol. The van der Waals surface area contributed by atoms with Gasteiger partial charge in [-0.25, -0.2) is 0 Å². The van der Waals surface area contributed by atoms with Gasteiger partial charge < -0.3 is 19.5 Å². The summed E-state index contributed by atoms with van der Waals surface area (Å²) in [6, 6.07) is 15.2. The zero-order valence-electron chi connectivity index (χ0n) is 15.7. The minimum atomic E-state index is -0.463. The molecule has 0 saturated heterocycles. The Morgan fingerprint density at radius 1 is 1.21 bits per heavy atom. The largest absolute Gasteiger partial charge is 0.493 e. The normalized spacial score (nSPS) is 10.9. The first-order valence-electron chi connectivity index (χ1n) is 8.52. The van der Waals surface area contributed by atoms with E-state index in [2.05, 4.69) is 21.2 Å². The maximum Gasteiger partial charge on any atom is 0.262 e. The van der Waals surface area contributed by atoms with Crippen LogP contribution in [0.5, 0.6) is 11.5 Å². The average molecular weight is 445 g/mol. The third-order valence-corrected chi connectivity index (χ3v) is 4.46. The van der Waals surface area contributed by atoms with Gasteiger partial charge in [0, 0.05) is 18.1 Å². The maximum absolute atomic E-state index is 12.1. The second-order valence-electron chi connectivity index (χ2n) is 5.72. The summed E-state index contributed by atoms with van der Waals surface area (Å²) >= 11 is 3.47. The summed E-state index contributed by atoms with van der Waals surface area (Å²) in [4.78, 5) is 12.1. The van der Waals surface area contributed by atoms with Crippen molar-refractivity contribution in [3.63, 3.8) is 0 Å². The zero-order valence-corrected chi connectivity index (χ0v) is 17.3. The number of amides is 1. The van der Waals surface area contributed by atoms with Crippen molar-refractivity contribution in [2.45, 2.75) is 6.61 Å². The monoisotopic (exact) mass is 444 g/mol. The van der Waals surface area contributed by atoms with Gasteiger partial charge in [0.05, 0.1) is 13.7 Å². The summed E-state index contributed by atoms with van der Waals surface area (Å²) in [5.41, 5.74) is 1.64. The fraction of sp³-hybridized carbons (Fsp3) is 0.238. The summed E-state index contributed by atoms with van der Waals surface area (Å²) in [5, 5.41) is 11.9. The molecule has 7 heteroatoms. The highest BCUT2D eigenvalue weighted by Crippen LogP contribution is 2.35. The van der Waals surface area contributed by atoms with Crippen LogP contribution in [0.25, 0.3) is 6.08 Å². The van der Waals surface area contributed by atoms with Crippen molar-refractivity contribution in [2.75, 3.05) is 27.4 Å². The fourth-order valence-electron chi connectivity index (χ4n) is 2.34. The van der Waals surface area contributed by atoms with Crippen molar-refractivity contribution in [3.8, 4) is 17.6 Å². The minimum absolute atomic E-state index is 0.0168. The molecule has 0 aliphatic carbocycles. The Hall–Kier alpha value is -2.82. The molecule has 2 aromatic carbocycles. The van der Waals surface area contributed by atoms with Crippen molar-refractivity contribution >= 4 is 27.9 Å². The molecule has 0 bridgehead atoms. The van der Waals surface area contributed by atoms with Crippen LogP contribution in [0.15, 0.2) is 52.5 Å². The first-order valence-corrected chi connectivity index (χ1v) is 9.31. The quantitative estimate of drug-likeness (QED) is 0.362. The van der Waals surface area contributed by atoms with Gasteiger partial charge in [0.2, 0.25) is 0 Å². The van der Waals surface area contributed by atoms with E-state index >= 15 is 0 Å². The van der Waals surface area contributed by atoms with E-state index in [9.17, 15) is 10.1 Å². The number of hydrogen-bond acceptors (Lipinski definition) is 5. The molecule has 0 aliphatic heterocycles. The average Bonchev–Trinajstić information content (AvgIpc) is 2.72. The first kappa shape index (κ1) is 21.5. The Morgan fingerprint density at radius 3 is 2.61 bits per heavy atom. The van der Waals surface area contributed by atoms with Crippen molar-refractivity contribution < 1.29 is 19.0 Å². The lowest BCUT2D eigenvalue weighted by molar-refractivity contribution is -0.117. The van der Waals surface area contributed by atoms with E-state index in [0.29, 0.717) is 41.3 Å². The molecule has 0 saturated carbocycles. The predicted octanol–water partition coefficient (Wildman–Crippen LogP) is 3.71. The van der Waals surface area contributed by atoms with Crippen LogP contribution >= 0.6 is 15.9 Å². The lowest BCUT2D eigenvalue weighted by Gasteiger charge is -2.13. The Morgan fingerprint density at radius 2 is 1.96 bits per heavy atom. The van der Waals surface area contributed by atoms with Gasteiger partial charge in [-0.05, 0) is 29.3 Å². The lowest BCUT2D eigenvalue weighted by atomic mass is 10.1. The van der Waals surface area contributed by atoms with Gasteiger partial charge in [-0.2, -0.15) is 5.26 Å². The minimum Gasteiger partial charge on any atom is -0.493 e. The van der Waals surface area contributed by atoms with E-state index in [4.69, 9.17) is 14.2 Å². The lowest BCUT2D eigenvalue weighted by Crippen LogP contribution is -2.27. The molecule has 0 fully saturated rings. The molecule has 6 nitrogen and oxygen atoms in total. The number of carbonyl (C=O) groups is 1. The van der Waals surface area contributed by atoms with Crippen LogP contribution in [0.2, 0.25) is 0 Å². The Kier molecular flexibility index (Phi) is 8.53. The summed E-state index contributed by atoms with van der Waals surface area (Å²) in [6.45, 7) is 1.09. The highest BCUT2D eigenvalue weighted by molar-refractivity contribution is 9.10. The molecule has 2 rings (SSSR count). The van der Waals surface area contributed by atoms with Gasteiger partial charge in [-0.3, -0.25) is 4.79 Å². The van der Waals surface area contributed by atoms with Crippen LogP contribution in [0.4, 0.5) is 0 Å². The van der Waals surface area contributed by atoms with E-state index in [1.807, 2.05) is 36.4 Å². The Bertz CT molecular complexity index is 876. The summed E-state index contributed by atoms with van der Waals surface area (Å²) in [7, 11) is 3.08. The Labute approximate surface area is 172 Å². The highest BCUT2D eigenvalue weighted by Gasteiger charge is 2.13. The van der Waals surface area contributed by atoms with E-state index in [0.717, 1.165) is 5.56 Å². The van der Waals surface area contributed by atoms with E-state index < -0.39 is 5.91 Å². The highest BCUT2D eigenvalue weighted by atomic mass is 79.9. The molecule has 0 atom stereocenters. The number of halogens is 1. The number of carbonyl (C=O) groups excluding carboxylic acids is 1. The van der Waals surface area contributed by atoms with E-state index in [-0.39, 0.29) is 5.57 Å². The molecule has 0 aromatic heterocycles. The van der Waals surface area contributed by atoms with Gasteiger partial charge in [0.25, 0.3) is 5.91 Å². The fourth-order valence-corrected chi connectivity index (χ4v) is 2.77. The zero-order chi connectivity index (χ0) is 20.4. The smallest absolute Gasteiger partial charge is 0.262 e. The number of rotatable bonds is 9. The molecule has 0 radical (unpaired) electrons.